The number of benzene rings is 1. The highest BCUT2D eigenvalue weighted by molar-refractivity contribution is 5.92. The van der Waals surface area contributed by atoms with Gasteiger partial charge in [-0.25, -0.2) is 4.79 Å². The van der Waals surface area contributed by atoms with E-state index in [0.29, 0.717) is 0 Å². The number of nitriles is 1. The van der Waals surface area contributed by atoms with E-state index in [-0.39, 0.29) is 16.7 Å². The van der Waals surface area contributed by atoms with Crippen molar-refractivity contribution in [3.63, 3.8) is 0 Å². The van der Waals surface area contributed by atoms with Crippen molar-refractivity contribution in [2.24, 2.45) is 0 Å². The fourth-order valence-corrected chi connectivity index (χ4v) is 1.12. The quantitative estimate of drug-likeness (QED) is 0.633. The van der Waals surface area contributed by atoms with E-state index < -0.39 is 18.3 Å². The molecule has 5 heteroatoms. The van der Waals surface area contributed by atoms with Gasteiger partial charge in [0, 0.05) is 0 Å². The van der Waals surface area contributed by atoms with Gasteiger partial charge < -0.3 is 15.3 Å². The molecule has 0 aliphatic heterocycles. The van der Waals surface area contributed by atoms with Crippen molar-refractivity contribution in [1.82, 2.24) is 0 Å². The Morgan fingerprint density at radius 1 is 1.50 bits per heavy atom. The summed E-state index contributed by atoms with van der Waals surface area (Å²) >= 11 is 0. The molecule has 0 aromatic heterocycles. The van der Waals surface area contributed by atoms with Crippen LogP contribution in [0.2, 0.25) is 0 Å². The third-order valence-corrected chi connectivity index (χ3v) is 1.71. The van der Waals surface area contributed by atoms with Crippen molar-refractivity contribution in [2.75, 3.05) is 0 Å². The fourth-order valence-electron chi connectivity index (χ4n) is 1.12. The highest BCUT2D eigenvalue weighted by atomic mass is 16.4. The van der Waals surface area contributed by atoms with Crippen LogP contribution in [0.5, 0.6) is 5.75 Å². The Kier molecular flexibility index (Phi) is 2.70. The maximum atomic E-state index is 10.6. The predicted octanol–water partition coefficient (Wildman–Crippen LogP) is 0.454. The third-order valence-electron chi connectivity index (χ3n) is 1.71. The molecule has 0 spiro atoms. The molecular formula is C9H7NO4. The van der Waals surface area contributed by atoms with Crippen molar-refractivity contribution < 1.29 is 20.1 Å². The van der Waals surface area contributed by atoms with Gasteiger partial charge in [0.2, 0.25) is 0 Å². The molecule has 0 saturated heterocycles. The van der Waals surface area contributed by atoms with Crippen molar-refractivity contribution >= 4 is 5.97 Å². The van der Waals surface area contributed by atoms with E-state index in [4.69, 9.17) is 15.5 Å². The lowest BCUT2D eigenvalue weighted by molar-refractivity contribution is 0.0690. The van der Waals surface area contributed by atoms with Gasteiger partial charge in [-0.15, -0.1) is 0 Å². The largest absolute Gasteiger partial charge is 0.507 e. The Hall–Kier alpha value is -2.06. The molecule has 0 radical (unpaired) electrons. The number of hydrogen-bond acceptors (Lipinski definition) is 4. The number of carbonyl (C=O) groups is 1. The van der Waals surface area contributed by atoms with Crippen molar-refractivity contribution in [3.8, 4) is 11.8 Å². The van der Waals surface area contributed by atoms with Crippen LogP contribution in [0.25, 0.3) is 0 Å². The van der Waals surface area contributed by atoms with Crippen LogP contribution >= 0.6 is 0 Å². The second-order valence-electron chi connectivity index (χ2n) is 2.60. The number of hydrogen-bond donors (Lipinski definition) is 3. The van der Waals surface area contributed by atoms with Gasteiger partial charge in [0.05, 0.1) is 18.2 Å². The van der Waals surface area contributed by atoms with E-state index in [2.05, 4.69) is 0 Å². The number of aromatic carboxylic acids is 1. The molecule has 0 fully saturated rings. The summed E-state index contributed by atoms with van der Waals surface area (Å²) in [6.07, 6.45) is 0. The zero-order valence-electron chi connectivity index (χ0n) is 7.06. The minimum absolute atomic E-state index is 0.0223. The van der Waals surface area contributed by atoms with Gasteiger partial charge in [0.1, 0.15) is 11.3 Å². The molecule has 0 amide bonds. The van der Waals surface area contributed by atoms with Crippen LogP contribution in [0.15, 0.2) is 12.1 Å². The Labute approximate surface area is 79.5 Å². The van der Waals surface area contributed by atoms with Gasteiger partial charge in [-0.05, 0) is 17.7 Å². The molecule has 5 nitrogen and oxygen atoms in total. The van der Waals surface area contributed by atoms with Gasteiger partial charge in [-0.1, -0.05) is 0 Å². The summed E-state index contributed by atoms with van der Waals surface area (Å²) in [5, 5.41) is 35.3. The van der Waals surface area contributed by atoms with Crippen LogP contribution in [0.4, 0.5) is 0 Å². The number of phenols is 1. The Morgan fingerprint density at radius 3 is 2.57 bits per heavy atom. The molecule has 0 saturated carbocycles. The molecule has 0 aliphatic carbocycles. The smallest absolute Gasteiger partial charge is 0.339 e. The minimum Gasteiger partial charge on any atom is -0.507 e. The summed E-state index contributed by atoms with van der Waals surface area (Å²) < 4.78 is 0. The minimum atomic E-state index is -1.34. The second kappa shape index (κ2) is 3.77. The Morgan fingerprint density at radius 2 is 2.14 bits per heavy atom. The number of carboxylic acids is 1. The summed E-state index contributed by atoms with van der Waals surface area (Å²) in [4.78, 5) is 10.6. The summed E-state index contributed by atoms with van der Waals surface area (Å²) in [7, 11) is 0. The summed E-state index contributed by atoms with van der Waals surface area (Å²) in [6.45, 7) is -0.537. The van der Waals surface area contributed by atoms with Gasteiger partial charge in [0.25, 0.3) is 0 Å². The lowest BCUT2D eigenvalue weighted by atomic mass is 10.0. The molecule has 72 valence electrons. The molecule has 14 heavy (non-hydrogen) atoms. The zero-order chi connectivity index (χ0) is 10.7. The molecule has 1 aromatic rings. The van der Waals surface area contributed by atoms with E-state index in [1.54, 1.807) is 6.07 Å². The van der Waals surface area contributed by atoms with Crippen LogP contribution in [-0.4, -0.2) is 21.3 Å². The van der Waals surface area contributed by atoms with Gasteiger partial charge in [-0.3, -0.25) is 0 Å². The van der Waals surface area contributed by atoms with Crippen molar-refractivity contribution in [3.05, 3.63) is 28.8 Å². The molecule has 0 unspecified atom stereocenters. The SMILES string of the molecule is N#Cc1cc(O)c(C(=O)O)c(CO)c1. The number of nitrogens with zero attached hydrogens (tertiary/aromatic N) is 1. The highest BCUT2D eigenvalue weighted by Crippen LogP contribution is 2.23. The van der Waals surface area contributed by atoms with Crippen molar-refractivity contribution in [2.45, 2.75) is 6.61 Å². The number of carboxylic acid groups (broad SMARTS) is 1. The average Bonchev–Trinajstić information content (AvgIpc) is 2.15. The van der Waals surface area contributed by atoms with E-state index in [9.17, 15) is 9.90 Å². The topological polar surface area (TPSA) is 102 Å². The average molecular weight is 193 g/mol. The first kappa shape index (κ1) is 10.0. The molecular weight excluding hydrogens is 186 g/mol. The first-order chi connectivity index (χ1) is 6.60. The number of aliphatic hydroxyl groups excluding tert-OH is 1. The maximum Gasteiger partial charge on any atom is 0.339 e. The monoisotopic (exact) mass is 193 g/mol. The number of aromatic hydroxyl groups is 1. The first-order valence-electron chi connectivity index (χ1n) is 3.70. The van der Waals surface area contributed by atoms with Crippen LogP contribution in [0.1, 0.15) is 21.5 Å². The molecule has 0 bridgehead atoms. The fraction of sp³-hybridized carbons (Fsp3) is 0.111. The normalized spacial score (nSPS) is 9.43. The molecule has 0 heterocycles. The standard InChI is InChI=1S/C9H7NO4/c10-3-5-1-6(4-11)8(9(13)14)7(12)2-5/h1-2,11-12H,4H2,(H,13,14). The summed E-state index contributed by atoms with van der Waals surface area (Å²) in [5.74, 6) is -1.85. The van der Waals surface area contributed by atoms with Crippen molar-refractivity contribution in [1.29, 1.82) is 5.26 Å². The maximum absolute atomic E-state index is 10.6. The van der Waals surface area contributed by atoms with Crippen LogP contribution in [0.3, 0.4) is 0 Å². The second-order valence-corrected chi connectivity index (χ2v) is 2.60. The third kappa shape index (κ3) is 1.65. The van der Waals surface area contributed by atoms with Gasteiger partial charge >= 0.3 is 5.97 Å². The lowest BCUT2D eigenvalue weighted by Gasteiger charge is -2.05. The van der Waals surface area contributed by atoms with E-state index >= 15 is 0 Å². The van der Waals surface area contributed by atoms with E-state index in [1.165, 1.54) is 6.07 Å². The Bertz CT molecular complexity index is 420. The number of rotatable bonds is 2. The molecule has 3 N–H and O–H groups in total. The zero-order valence-corrected chi connectivity index (χ0v) is 7.06. The van der Waals surface area contributed by atoms with Gasteiger partial charge in [-0.2, -0.15) is 5.26 Å². The van der Waals surface area contributed by atoms with Crippen LogP contribution in [-0.2, 0) is 6.61 Å². The van der Waals surface area contributed by atoms with Crippen LogP contribution < -0.4 is 0 Å². The van der Waals surface area contributed by atoms with E-state index in [1.807, 2.05) is 0 Å². The lowest BCUT2D eigenvalue weighted by Crippen LogP contribution is -2.03. The molecule has 1 rings (SSSR count). The molecule has 0 atom stereocenters. The van der Waals surface area contributed by atoms with Gasteiger partial charge in [0.15, 0.2) is 0 Å². The highest BCUT2D eigenvalue weighted by Gasteiger charge is 2.16. The predicted molar refractivity (Wildman–Crippen MR) is 45.7 cm³/mol. The van der Waals surface area contributed by atoms with Crippen LogP contribution in [0, 0.1) is 11.3 Å². The number of aliphatic hydroxyl groups is 1. The molecule has 0 aliphatic rings. The first-order valence-corrected chi connectivity index (χ1v) is 3.70. The summed E-state index contributed by atoms with van der Waals surface area (Å²) in [5.41, 5.74) is -0.239. The van der Waals surface area contributed by atoms with E-state index in [0.717, 1.165) is 6.07 Å². The summed E-state index contributed by atoms with van der Waals surface area (Å²) in [6, 6.07) is 4.01. The Balaban J connectivity index is 3.44. The molecule has 1 aromatic carbocycles.